The van der Waals surface area contributed by atoms with Crippen LogP contribution in [0.1, 0.15) is 31.3 Å². The van der Waals surface area contributed by atoms with Crippen molar-refractivity contribution in [3.05, 3.63) is 24.0 Å². The quantitative estimate of drug-likeness (QED) is 0.817. The number of amides is 1. The van der Waals surface area contributed by atoms with Crippen LogP contribution in [0.15, 0.2) is 18.3 Å². The average molecular weight is 207 g/mol. The van der Waals surface area contributed by atoms with E-state index in [1.165, 1.54) is 6.20 Å². The van der Waals surface area contributed by atoms with Crippen LogP contribution in [0.2, 0.25) is 0 Å². The van der Waals surface area contributed by atoms with Gasteiger partial charge in [0.15, 0.2) is 0 Å². The Bertz CT molecular complexity index is 332. The maximum absolute atomic E-state index is 12.0. The van der Waals surface area contributed by atoms with Gasteiger partial charge in [0.1, 0.15) is 5.69 Å². The first-order valence-electron chi connectivity index (χ1n) is 5.08. The van der Waals surface area contributed by atoms with E-state index in [2.05, 4.69) is 4.98 Å². The summed E-state index contributed by atoms with van der Waals surface area (Å²) in [7, 11) is 0. The second-order valence-corrected chi connectivity index (χ2v) is 3.66. The minimum atomic E-state index is -0.0486. The lowest BCUT2D eigenvalue weighted by atomic mass is 10.2. The van der Waals surface area contributed by atoms with Crippen molar-refractivity contribution in [2.75, 3.05) is 12.3 Å². The minimum absolute atomic E-state index is 0.0486. The summed E-state index contributed by atoms with van der Waals surface area (Å²) < 4.78 is 0. The van der Waals surface area contributed by atoms with E-state index in [0.717, 1.165) is 0 Å². The minimum Gasteiger partial charge on any atom is -0.397 e. The summed E-state index contributed by atoms with van der Waals surface area (Å²) in [6.45, 7) is 6.61. The largest absolute Gasteiger partial charge is 0.397 e. The summed E-state index contributed by atoms with van der Waals surface area (Å²) in [5.74, 6) is -0.0486. The molecule has 0 saturated carbocycles. The zero-order chi connectivity index (χ0) is 11.4. The standard InChI is InChI=1S/C11H17N3O/c1-4-14(8(2)3)11(15)10-6-5-9(12)7-13-10/h5-8H,4,12H2,1-3H3. The first kappa shape index (κ1) is 11.5. The zero-order valence-electron chi connectivity index (χ0n) is 9.40. The van der Waals surface area contributed by atoms with Gasteiger partial charge in [-0.05, 0) is 32.9 Å². The molecule has 0 fully saturated rings. The van der Waals surface area contributed by atoms with Gasteiger partial charge in [-0.25, -0.2) is 4.98 Å². The van der Waals surface area contributed by atoms with E-state index in [9.17, 15) is 4.79 Å². The smallest absolute Gasteiger partial charge is 0.272 e. The Morgan fingerprint density at radius 2 is 2.20 bits per heavy atom. The second-order valence-electron chi connectivity index (χ2n) is 3.66. The number of nitrogen functional groups attached to an aromatic ring is 1. The normalized spacial score (nSPS) is 10.4. The van der Waals surface area contributed by atoms with Crippen molar-refractivity contribution in [1.29, 1.82) is 0 Å². The van der Waals surface area contributed by atoms with E-state index in [-0.39, 0.29) is 11.9 Å². The van der Waals surface area contributed by atoms with Crippen LogP contribution in [0.5, 0.6) is 0 Å². The molecule has 0 atom stereocenters. The molecule has 1 aromatic rings. The lowest BCUT2D eigenvalue weighted by molar-refractivity contribution is 0.0711. The number of carbonyl (C=O) groups excluding carboxylic acids is 1. The van der Waals surface area contributed by atoms with Gasteiger partial charge in [0.25, 0.3) is 5.91 Å². The van der Waals surface area contributed by atoms with Gasteiger partial charge in [0, 0.05) is 12.6 Å². The molecule has 1 heterocycles. The predicted molar refractivity (Wildman–Crippen MR) is 60.5 cm³/mol. The van der Waals surface area contributed by atoms with Crippen LogP contribution >= 0.6 is 0 Å². The molecule has 2 N–H and O–H groups in total. The van der Waals surface area contributed by atoms with Crippen LogP contribution in [0.25, 0.3) is 0 Å². The number of nitrogens with two attached hydrogens (primary N) is 1. The van der Waals surface area contributed by atoms with Gasteiger partial charge in [-0.2, -0.15) is 0 Å². The van der Waals surface area contributed by atoms with Crippen molar-refractivity contribution >= 4 is 11.6 Å². The molecule has 0 aliphatic carbocycles. The van der Waals surface area contributed by atoms with E-state index < -0.39 is 0 Å². The molecule has 1 aromatic heterocycles. The molecule has 0 radical (unpaired) electrons. The molecule has 82 valence electrons. The van der Waals surface area contributed by atoms with Crippen molar-refractivity contribution < 1.29 is 4.79 Å². The van der Waals surface area contributed by atoms with Crippen molar-refractivity contribution in [2.45, 2.75) is 26.8 Å². The first-order valence-corrected chi connectivity index (χ1v) is 5.08. The first-order chi connectivity index (χ1) is 7.06. The molecule has 15 heavy (non-hydrogen) atoms. The van der Waals surface area contributed by atoms with Crippen LogP contribution in [0, 0.1) is 0 Å². The molecular weight excluding hydrogens is 190 g/mol. The van der Waals surface area contributed by atoms with E-state index in [1.54, 1.807) is 17.0 Å². The molecule has 1 rings (SSSR count). The van der Waals surface area contributed by atoms with Crippen molar-refractivity contribution in [3.8, 4) is 0 Å². The third-order valence-electron chi connectivity index (χ3n) is 2.23. The van der Waals surface area contributed by atoms with Crippen LogP contribution in [-0.2, 0) is 0 Å². The summed E-state index contributed by atoms with van der Waals surface area (Å²) in [4.78, 5) is 17.7. The van der Waals surface area contributed by atoms with Crippen molar-refractivity contribution in [3.63, 3.8) is 0 Å². The van der Waals surface area contributed by atoms with E-state index in [4.69, 9.17) is 5.73 Å². The van der Waals surface area contributed by atoms with Gasteiger partial charge in [-0.1, -0.05) is 0 Å². The second kappa shape index (κ2) is 4.77. The highest BCUT2D eigenvalue weighted by molar-refractivity contribution is 5.92. The average Bonchev–Trinajstić information content (AvgIpc) is 2.19. The Morgan fingerprint density at radius 1 is 1.53 bits per heavy atom. The summed E-state index contributed by atoms with van der Waals surface area (Å²) in [5.41, 5.74) is 6.52. The molecule has 4 heteroatoms. The highest BCUT2D eigenvalue weighted by atomic mass is 16.2. The molecule has 0 aliphatic rings. The van der Waals surface area contributed by atoms with Crippen molar-refractivity contribution in [1.82, 2.24) is 9.88 Å². The van der Waals surface area contributed by atoms with E-state index in [0.29, 0.717) is 17.9 Å². The molecule has 0 spiro atoms. The monoisotopic (exact) mass is 207 g/mol. The molecule has 0 unspecified atom stereocenters. The predicted octanol–water partition coefficient (Wildman–Crippen LogP) is 1.53. The van der Waals surface area contributed by atoms with Gasteiger partial charge in [-0.15, -0.1) is 0 Å². The number of nitrogens with zero attached hydrogens (tertiary/aromatic N) is 2. The fourth-order valence-electron chi connectivity index (χ4n) is 1.42. The van der Waals surface area contributed by atoms with Crippen LogP contribution in [-0.4, -0.2) is 28.4 Å². The Kier molecular flexibility index (Phi) is 3.66. The van der Waals surface area contributed by atoms with Gasteiger partial charge in [-0.3, -0.25) is 4.79 Å². The number of pyridine rings is 1. The van der Waals surface area contributed by atoms with E-state index >= 15 is 0 Å². The molecule has 4 nitrogen and oxygen atoms in total. The maximum Gasteiger partial charge on any atom is 0.272 e. The molecule has 0 saturated heterocycles. The van der Waals surface area contributed by atoms with E-state index in [1.807, 2.05) is 20.8 Å². The number of aromatic nitrogens is 1. The number of hydrogen-bond donors (Lipinski definition) is 1. The molecule has 1 amide bonds. The molecule has 0 aromatic carbocycles. The SMILES string of the molecule is CCN(C(=O)c1ccc(N)cn1)C(C)C. The lowest BCUT2D eigenvalue weighted by Gasteiger charge is -2.24. The Hall–Kier alpha value is -1.58. The summed E-state index contributed by atoms with van der Waals surface area (Å²) in [6.07, 6.45) is 1.50. The third-order valence-corrected chi connectivity index (χ3v) is 2.23. The molecule has 0 aliphatic heterocycles. The highest BCUT2D eigenvalue weighted by Gasteiger charge is 2.17. The number of anilines is 1. The highest BCUT2D eigenvalue weighted by Crippen LogP contribution is 2.07. The fourth-order valence-corrected chi connectivity index (χ4v) is 1.42. The Labute approximate surface area is 90.1 Å². The fraction of sp³-hybridized carbons (Fsp3) is 0.455. The Morgan fingerprint density at radius 3 is 2.60 bits per heavy atom. The number of rotatable bonds is 3. The van der Waals surface area contributed by atoms with Gasteiger partial charge in [0.2, 0.25) is 0 Å². The summed E-state index contributed by atoms with van der Waals surface area (Å²) >= 11 is 0. The van der Waals surface area contributed by atoms with Gasteiger partial charge >= 0.3 is 0 Å². The topological polar surface area (TPSA) is 59.2 Å². The van der Waals surface area contributed by atoms with Crippen LogP contribution in [0.3, 0.4) is 0 Å². The third kappa shape index (κ3) is 2.68. The molecular formula is C11H17N3O. The number of hydrogen-bond acceptors (Lipinski definition) is 3. The van der Waals surface area contributed by atoms with Crippen molar-refractivity contribution in [2.24, 2.45) is 0 Å². The number of carbonyl (C=O) groups is 1. The molecule has 0 bridgehead atoms. The zero-order valence-corrected chi connectivity index (χ0v) is 9.40. The maximum atomic E-state index is 12.0. The lowest BCUT2D eigenvalue weighted by Crippen LogP contribution is -2.37. The van der Waals surface area contributed by atoms with Gasteiger partial charge < -0.3 is 10.6 Å². The van der Waals surface area contributed by atoms with Gasteiger partial charge in [0.05, 0.1) is 11.9 Å². The summed E-state index contributed by atoms with van der Waals surface area (Å²) in [6, 6.07) is 3.53. The van der Waals surface area contributed by atoms with Crippen LogP contribution < -0.4 is 5.73 Å². The summed E-state index contributed by atoms with van der Waals surface area (Å²) in [5, 5.41) is 0. The van der Waals surface area contributed by atoms with Crippen LogP contribution in [0.4, 0.5) is 5.69 Å². The Balaban J connectivity index is 2.88.